The summed E-state index contributed by atoms with van der Waals surface area (Å²) < 4.78 is 2.30. The molecule has 0 spiro atoms. The summed E-state index contributed by atoms with van der Waals surface area (Å²) in [4.78, 5) is 10.7. The predicted molar refractivity (Wildman–Crippen MR) is 284 cm³/mol. The maximum atomic E-state index is 12.5. The second kappa shape index (κ2) is 19.5. The van der Waals surface area contributed by atoms with Gasteiger partial charge in [-0.15, -0.1) is 23.8 Å². The number of nitrogens with zero attached hydrogens (tertiary/aromatic N) is 3. The normalized spacial score (nSPS) is 11.6. The molecule has 0 radical (unpaired) electrons. The van der Waals surface area contributed by atoms with Crippen molar-refractivity contribution in [1.29, 1.82) is 0 Å². The average molecular weight is 1080 g/mol. The van der Waals surface area contributed by atoms with Gasteiger partial charge in [0.2, 0.25) is 0 Å². The Balaban J connectivity index is 0.00000593. The number of phenolic OH excluding ortho intramolecular Hbond substituents is 1. The van der Waals surface area contributed by atoms with E-state index >= 15 is 0 Å². The van der Waals surface area contributed by atoms with Crippen LogP contribution in [-0.2, 0) is 26.5 Å². The molecule has 2 aromatic heterocycles. The summed E-state index contributed by atoms with van der Waals surface area (Å²) in [6.45, 7) is 15.6. The zero-order valence-electron chi connectivity index (χ0n) is 40.2. The molecule has 10 rings (SSSR count). The molecule has 0 aliphatic heterocycles. The summed E-state index contributed by atoms with van der Waals surface area (Å²) in [7, 11) is 0. The molecule has 0 unspecified atom stereocenters. The van der Waals surface area contributed by atoms with E-state index in [1.807, 2.05) is 12.3 Å². The maximum absolute atomic E-state index is 12.5. The van der Waals surface area contributed by atoms with Gasteiger partial charge in [-0.3, -0.25) is 9.55 Å². The number of rotatable bonds is 10. The van der Waals surface area contributed by atoms with Gasteiger partial charge in [-0.25, -0.2) is 4.98 Å². The van der Waals surface area contributed by atoms with Crippen molar-refractivity contribution in [3.05, 3.63) is 217 Å². The van der Waals surface area contributed by atoms with Crippen molar-refractivity contribution in [2.45, 2.75) is 65.7 Å². The summed E-state index contributed by atoms with van der Waals surface area (Å²) in [6.07, 6.45) is 1.89. The van der Waals surface area contributed by atoms with Crippen LogP contribution >= 0.6 is 0 Å². The Hall–Kier alpha value is -7.13. The Morgan fingerprint density at radius 2 is 1.09 bits per heavy atom. The first-order valence-electron chi connectivity index (χ1n) is 23.8. The van der Waals surface area contributed by atoms with Crippen LogP contribution < -0.4 is 0 Å². The number of pyridine rings is 1. The molecular formula is C64H56N3OPt-. The number of hydrogen-bond donors (Lipinski definition) is 1. The van der Waals surface area contributed by atoms with Crippen LogP contribution in [0.2, 0.25) is 0 Å². The minimum absolute atomic E-state index is 0. The molecule has 2 heterocycles. The van der Waals surface area contributed by atoms with Crippen molar-refractivity contribution in [3.8, 4) is 89.7 Å². The Morgan fingerprint density at radius 1 is 0.507 bits per heavy atom. The average Bonchev–Trinajstić information content (AvgIpc) is 3.76. The third-order valence-corrected chi connectivity index (χ3v) is 13.1. The van der Waals surface area contributed by atoms with Crippen LogP contribution in [0.15, 0.2) is 194 Å². The van der Waals surface area contributed by atoms with E-state index in [9.17, 15) is 5.11 Å². The van der Waals surface area contributed by atoms with Gasteiger partial charge in [0.25, 0.3) is 0 Å². The number of imidazole rings is 1. The van der Waals surface area contributed by atoms with Gasteiger partial charge >= 0.3 is 0 Å². The Kier molecular flexibility index (Phi) is 13.2. The van der Waals surface area contributed by atoms with Crippen LogP contribution in [0.25, 0.3) is 95.0 Å². The van der Waals surface area contributed by atoms with E-state index < -0.39 is 0 Å². The number of para-hydroxylation sites is 1. The molecule has 0 atom stereocenters. The van der Waals surface area contributed by atoms with Crippen molar-refractivity contribution in [3.63, 3.8) is 0 Å². The first kappa shape index (κ1) is 47.0. The second-order valence-corrected chi connectivity index (χ2v) is 19.5. The molecule has 4 nitrogen and oxygen atoms in total. The first-order chi connectivity index (χ1) is 32.9. The van der Waals surface area contributed by atoms with E-state index in [1.54, 1.807) is 0 Å². The number of aromatic nitrogens is 3. The number of hydrogen-bond acceptors (Lipinski definition) is 3. The molecule has 8 aromatic carbocycles. The Labute approximate surface area is 421 Å². The van der Waals surface area contributed by atoms with E-state index in [4.69, 9.17) is 9.97 Å². The summed E-state index contributed by atoms with van der Waals surface area (Å²) in [5.74, 6) is 1.23. The van der Waals surface area contributed by atoms with E-state index in [1.165, 1.54) is 5.56 Å². The van der Waals surface area contributed by atoms with Crippen molar-refractivity contribution in [2.75, 3.05) is 0 Å². The second-order valence-electron chi connectivity index (χ2n) is 19.5. The van der Waals surface area contributed by atoms with Gasteiger partial charge in [0, 0.05) is 38.5 Å². The standard InChI is InChI=1S/C64H56N3O.Pt/c1-41(2)48-36-53(42(3)4)62(68)56(37-48)63-66-61-52(50-33-49(44-23-14-9-15-24-44)34-51(35-50)58-38-47(31-32-65-58)43-21-12-8-13-22-43)29-20-30-59(61)67(63)60-40-54(45-25-16-10-17-26-45)57(64(5,6)7)39-55(60)46-27-18-11-19-28-46;/h8-34,36-42,68H,1-7H3;/q-1;. The van der Waals surface area contributed by atoms with Crippen LogP contribution in [0.1, 0.15) is 77.0 Å². The molecule has 344 valence electrons. The first-order valence-corrected chi connectivity index (χ1v) is 23.8. The Bertz CT molecular complexity index is 3420. The maximum Gasteiger partial charge on any atom is 0.148 e. The molecule has 69 heavy (non-hydrogen) atoms. The van der Waals surface area contributed by atoms with E-state index in [0.29, 0.717) is 11.4 Å². The molecule has 10 aromatic rings. The van der Waals surface area contributed by atoms with Gasteiger partial charge in [-0.2, -0.15) is 0 Å². The molecule has 0 saturated heterocycles. The summed E-state index contributed by atoms with van der Waals surface area (Å²) in [5.41, 5.74) is 18.9. The van der Waals surface area contributed by atoms with Gasteiger partial charge in [0.15, 0.2) is 0 Å². The summed E-state index contributed by atoms with van der Waals surface area (Å²) >= 11 is 0. The fraction of sp³-hybridized carbons (Fsp3) is 0.156. The SMILES string of the molecule is CC(C)c1cc(-c2nc3c(-c4[c-]c(-c5cc(-c6ccccc6)ccn5)cc(-c5ccccc5)c4)cccc3n2-c2cc(-c3ccccc3)c(C(C)(C)C)cc2-c2ccccc2)c(O)c(C(C)C)c1.[Pt]. The van der Waals surface area contributed by atoms with Crippen LogP contribution in [0.3, 0.4) is 0 Å². The third-order valence-electron chi connectivity index (χ3n) is 13.1. The molecule has 0 aliphatic carbocycles. The topological polar surface area (TPSA) is 50.9 Å². The third kappa shape index (κ3) is 9.27. The van der Waals surface area contributed by atoms with Gasteiger partial charge < -0.3 is 5.11 Å². The quantitative estimate of drug-likeness (QED) is 0.139. The smallest absolute Gasteiger partial charge is 0.148 e. The van der Waals surface area contributed by atoms with E-state index in [0.717, 1.165) is 94.7 Å². The molecular weight excluding hydrogens is 1020 g/mol. The fourth-order valence-electron chi connectivity index (χ4n) is 9.50. The number of aromatic hydroxyl groups is 1. The van der Waals surface area contributed by atoms with Crippen molar-refractivity contribution >= 4 is 11.0 Å². The minimum Gasteiger partial charge on any atom is -0.507 e. The number of fused-ring (bicyclic) bond motifs is 1. The van der Waals surface area contributed by atoms with Gasteiger partial charge in [0.1, 0.15) is 11.6 Å². The zero-order chi connectivity index (χ0) is 47.1. The monoisotopic (exact) mass is 1080 g/mol. The molecule has 1 N–H and O–H groups in total. The van der Waals surface area contributed by atoms with Gasteiger partial charge in [-0.1, -0.05) is 211 Å². The Morgan fingerprint density at radius 3 is 1.68 bits per heavy atom. The molecule has 0 amide bonds. The van der Waals surface area contributed by atoms with E-state index in [2.05, 4.69) is 241 Å². The fourth-order valence-corrected chi connectivity index (χ4v) is 9.50. The van der Waals surface area contributed by atoms with Crippen LogP contribution in [0.4, 0.5) is 0 Å². The van der Waals surface area contributed by atoms with Crippen molar-refractivity contribution in [2.24, 2.45) is 0 Å². The molecule has 0 aliphatic rings. The molecule has 0 bridgehead atoms. The summed E-state index contributed by atoms with van der Waals surface area (Å²) in [6, 6.07) is 70.3. The van der Waals surface area contributed by atoms with Gasteiger partial charge in [-0.05, 0) is 97.7 Å². The number of benzene rings is 8. The summed E-state index contributed by atoms with van der Waals surface area (Å²) in [5, 5.41) is 12.5. The van der Waals surface area contributed by atoms with Crippen molar-refractivity contribution < 1.29 is 26.2 Å². The van der Waals surface area contributed by atoms with Crippen LogP contribution in [0.5, 0.6) is 5.75 Å². The van der Waals surface area contributed by atoms with Gasteiger partial charge in [0.05, 0.1) is 22.3 Å². The van der Waals surface area contributed by atoms with Crippen LogP contribution in [-0.4, -0.2) is 19.6 Å². The molecule has 5 heteroatoms. The number of phenols is 1. The van der Waals surface area contributed by atoms with E-state index in [-0.39, 0.29) is 44.1 Å². The minimum atomic E-state index is -0.178. The largest absolute Gasteiger partial charge is 0.507 e. The zero-order valence-corrected chi connectivity index (χ0v) is 42.5. The predicted octanol–water partition coefficient (Wildman–Crippen LogP) is 17.1. The molecule has 0 saturated carbocycles. The molecule has 0 fully saturated rings. The van der Waals surface area contributed by atoms with Crippen LogP contribution in [0, 0.1) is 6.07 Å². The van der Waals surface area contributed by atoms with Crippen molar-refractivity contribution in [1.82, 2.24) is 14.5 Å².